The predicted octanol–water partition coefficient (Wildman–Crippen LogP) is 0.572. The van der Waals surface area contributed by atoms with Gasteiger partial charge in [-0.05, 0) is 34.7 Å². The second-order valence-electron chi connectivity index (χ2n) is 4.57. The average Bonchev–Trinajstić information content (AvgIpc) is 2.01. The summed E-state index contributed by atoms with van der Waals surface area (Å²) >= 11 is 0. The highest BCUT2D eigenvalue weighted by molar-refractivity contribution is 4.71. The molecule has 3 heteroatoms. The second kappa shape index (κ2) is 6.35. The van der Waals surface area contributed by atoms with Gasteiger partial charge in [0.15, 0.2) is 0 Å². The van der Waals surface area contributed by atoms with Crippen LogP contribution in [0.4, 0.5) is 0 Å². The van der Waals surface area contributed by atoms with Crippen LogP contribution in [-0.4, -0.2) is 38.3 Å². The summed E-state index contributed by atoms with van der Waals surface area (Å²) < 4.78 is 0. The van der Waals surface area contributed by atoms with Crippen molar-refractivity contribution >= 4 is 0 Å². The van der Waals surface area contributed by atoms with Gasteiger partial charge in [0.2, 0.25) is 0 Å². The second-order valence-corrected chi connectivity index (χ2v) is 4.57. The first kappa shape index (κ1) is 12.9. The molecule has 0 radical (unpaired) electrons. The summed E-state index contributed by atoms with van der Waals surface area (Å²) in [5.74, 6) is 0. The van der Waals surface area contributed by atoms with Crippen molar-refractivity contribution < 1.29 is 0 Å². The number of hydrogen-bond donors (Lipinski definition) is 3. The minimum atomic E-state index is 0.232. The van der Waals surface area contributed by atoms with E-state index in [9.17, 15) is 0 Å². The molecule has 1 atom stereocenters. The van der Waals surface area contributed by atoms with Crippen LogP contribution in [0, 0.1) is 0 Å². The highest BCUT2D eigenvalue weighted by Gasteiger charge is 2.06. The van der Waals surface area contributed by atoms with Crippen LogP contribution in [0.5, 0.6) is 0 Å². The molecule has 0 saturated heterocycles. The van der Waals surface area contributed by atoms with Crippen LogP contribution in [0.1, 0.15) is 27.7 Å². The lowest BCUT2D eigenvalue weighted by Gasteiger charge is -2.21. The molecule has 0 aromatic rings. The summed E-state index contributed by atoms with van der Waals surface area (Å²) in [6.45, 7) is 11.8. The molecule has 0 bridgehead atoms. The summed E-state index contributed by atoms with van der Waals surface area (Å²) in [5, 5.41) is 10.0. The molecular formula is C10H25N3. The van der Waals surface area contributed by atoms with E-state index in [4.69, 9.17) is 0 Å². The summed E-state index contributed by atoms with van der Waals surface area (Å²) in [5.41, 5.74) is 0.232. The first-order valence-electron chi connectivity index (χ1n) is 5.08. The van der Waals surface area contributed by atoms with E-state index in [-0.39, 0.29) is 5.54 Å². The van der Waals surface area contributed by atoms with Gasteiger partial charge in [-0.3, -0.25) is 0 Å². The van der Waals surface area contributed by atoms with Crippen molar-refractivity contribution in [1.82, 2.24) is 16.0 Å². The first-order valence-corrected chi connectivity index (χ1v) is 5.08. The van der Waals surface area contributed by atoms with Gasteiger partial charge in [-0.25, -0.2) is 0 Å². The molecule has 0 rings (SSSR count). The van der Waals surface area contributed by atoms with E-state index in [2.05, 4.69) is 43.6 Å². The fourth-order valence-electron chi connectivity index (χ4n) is 0.947. The molecule has 0 fully saturated rings. The minimum absolute atomic E-state index is 0.232. The zero-order valence-corrected chi connectivity index (χ0v) is 9.70. The van der Waals surface area contributed by atoms with Gasteiger partial charge < -0.3 is 16.0 Å². The largest absolute Gasteiger partial charge is 0.316 e. The number of nitrogens with one attached hydrogen (secondary N) is 3. The Morgan fingerprint density at radius 1 is 1.15 bits per heavy atom. The Morgan fingerprint density at radius 3 is 2.23 bits per heavy atom. The van der Waals surface area contributed by atoms with Crippen LogP contribution in [0.2, 0.25) is 0 Å². The van der Waals surface area contributed by atoms with Crippen LogP contribution < -0.4 is 16.0 Å². The monoisotopic (exact) mass is 187 g/mol. The summed E-state index contributed by atoms with van der Waals surface area (Å²) in [6.07, 6.45) is 0. The zero-order chi connectivity index (χ0) is 10.3. The molecule has 0 saturated carbocycles. The smallest absolute Gasteiger partial charge is 0.0161 e. The molecule has 3 N–H and O–H groups in total. The molecule has 0 aromatic heterocycles. The number of rotatable bonds is 6. The normalized spacial score (nSPS) is 14.5. The van der Waals surface area contributed by atoms with Crippen LogP contribution in [-0.2, 0) is 0 Å². The van der Waals surface area contributed by atoms with Crippen LogP contribution >= 0.6 is 0 Å². The van der Waals surface area contributed by atoms with Crippen LogP contribution in [0.15, 0.2) is 0 Å². The van der Waals surface area contributed by atoms with Crippen molar-refractivity contribution in [2.45, 2.75) is 39.3 Å². The maximum Gasteiger partial charge on any atom is 0.0161 e. The van der Waals surface area contributed by atoms with Crippen molar-refractivity contribution in [1.29, 1.82) is 0 Å². The zero-order valence-electron chi connectivity index (χ0n) is 9.70. The lowest BCUT2D eigenvalue weighted by atomic mass is 10.1. The minimum Gasteiger partial charge on any atom is -0.316 e. The van der Waals surface area contributed by atoms with Gasteiger partial charge in [0.05, 0.1) is 0 Å². The fourth-order valence-corrected chi connectivity index (χ4v) is 0.947. The van der Waals surface area contributed by atoms with Crippen molar-refractivity contribution in [2.75, 3.05) is 26.7 Å². The average molecular weight is 187 g/mol. The van der Waals surface area contributed by atoms with Gasteiger partial charge in [0, 0.05) is 31.2 Å². The van der Waals surface area contributed by atoms with Crippen molar-refractivity contribution in [3.63, 3.8) is 0 Å². The Balaban J connectivity index is 3.18. The van der Waals surface area contributed by atoms with E-state index in [1.54, 1.807) is 0 Å². The van der Waals surface area contributed by atoms with Gasteiger partial charge in [-0.2, -0.15) is 0 Å². The van der Waals surface area contributed by atoms with E-state index in [1.165, 1.54) is 0 Å². The molecule has 0 amide bonds. The fraction of sp³-hybridized carbons (Fsp3) is 1.00. The van der Waals surface area contributed by atoms with E-state index < -0.39 is 0 Å². The standard InChI is InChI=1S/C10H25N3/c1-9(11-5)8-12-6-7-13-10(2,3)4/h9,11-13H,6-8H2,1-5H3. The molecule has 3 nitrogen and oxygen atoms in total. The quantitative estimate of drug-likeness (QED) is 0.532. The molecule has 1 unspecified atom stereocenters. The van der Waals surface area contributed by atoms with Crippen molar-refractivity contribution in [2.24, 2.45) is 0 Å². The molecule has 0 aliphatic carbocycles. The Kier molecular flexibility index (Phi) is 6.29. The Labute approximate surface area is 82.7 Å². The topological polar surface area (TPSA) is 36.1 Å². The Hall–Kier alpha value is -0.120. The predicted molar refractivity (Wildman–Crippen MR) is 59.1 cm³/mol. The van der Waals surface area contributed by atoms with Gasteiger partial charge in [0.1, 0.15) is 0 Å². The van der Waals surface area contributed by atoms with E-state index in [0.29, 0.717) is 6.04 Å². The molecule has 0 aliphatic heterocycles. The summed E-state index contributed by atoms with van der Waals surface area (Å²) in [4.78, 5) is 0. The molecule has 0 heterocycles. The highest BCUT2D eigenvalue weighted by Crippen LogP contribution is 1.96. The SMILES string of the molecule is CNC(C)CNCCNC(C)(C)C. The van der Waals surface area contributed by atoms with Gasteiger partial charge in [-0.15, -0.1) is 0 Å². The third-order valence-corrected chi connectivity index (χ3v) is 1.90. The highest BCUT2D eigenvalue weighted by atomic mass is 15.0. The third-order valence-electron chi connectivity index (χ3n) is 1.90. The molecule has 80 valence electrons. The number of likely N-dealkylation sites (N-methyl/N-ethyl adjacent to an activating group) is 1. The van der Waals surface area contributed by atoms with E-state index in [0.717, 1.165) is 19.6 Å². The van der Waals surface area contributed by atoms with Crippen molar-refractivity contribution in [3.8, 4) is 0 Å². The summed E-state index contributed by atoms with van der Waals surface area (Å²) in [7, 11) is 1.99. The molecular weight excluding hydrogens is 162 g/mol. The molecule has 0 spiro atoms. The lowest BCUT2D eigenvalue weighted by molar-refractivity contribution is 0.417. The van der Waals surface area contributed by atoms with Gasteiger partial charge in [-0.1, -0.05) is 0 Å². The van der Waals surface area contributed by atoms with Gasteiger partial charge >= 0.3 is 0 Å². The van der Waals surface area contributed by atoms with Crippen molar-refractivity contribution in [3.05, 3.63) is 0 Å². The Bertz CT molecular complexity index is 118. The van der Waals surface area contributed by atoms with Crippen LogP contribution in [0.25, 0.3) is 0 Å². The third kappa shape index (κ3) is 9.80. The van der Waals surface area contributed by atoms with E-state index in [1.807, 2.05) is 7.05 Å². The first-order chi connectivity index (χ1) is 5.95. The van der Waals surface area contributed by atoms with Gasteiger partial charge in [0.25, 0.3) is 0 Å². The lowest BCUT2D eigenvalue weighted by Crippen LogP contribution is -2.42. The number of hydrogen-bond acceptors (Lipinski definition) is 3. The van der Waals surface area contributed by atoms with Crippen LogP contribution in [0.3, 0.4) is 0 Å². The molecule has 0 aromatic carbocycles. The Morgan fingerprint density at radius 2 is 1.77 bits per heavy atom. The summed E-state index contributed by atoms with van der Waals surface area (Å²) in [6, 6.07) is 0.551. The molecule has 13 heavy (non-hydrogen) atoms. The molecule has 0 aliphatic rings. The maximum absolute atomic E-state index is 3.43. The van der Waals surface area contributed by atoms with E-state index >= 15 is 0 Å². The maximum atomic E-state index is 3.43.